The standard InChI is InChI=1S/C23H30FN3O4S/c1-4-17(3)27(23(30)25-13-22(29)31-5-2)16-21(28)26(15-20-7-6-12-32-20)14-18-8-10-19(24)11-9-18/h6-12,17H,4-5,13-16H2,1-3H3,(H,25,30). The number of benzene rings is 1. The molecule has 1 aromatic heterocycles. The van der Waals surface area contributed by atoms with Crippen LogP contribution in [0.15, 0.2) is 41.8 Å². The summed E-state index contributed by atoms with van der Waals surface area (Å²) in [6.45, 7) is 5.95. The molecule has 0 spiro atoms. The molecule has 9 heteroatoms. The first kappa shape index (κ1) is 25.3. The third kappa shape index (κ3) is 7.96. The van der Waals surface area contributed by atoms with Gasteiger partial charge in [-0.25, -0.2) is 9.18 Å². The molecule has 2 rings (SSSR count). The highest BCUT2D eigenvalue weighted by atomic mass is 32.1. The van der Waals surface area contributed by atoms with E-state index in [2.05, 4.69) is 5.32 Å². The molecule has 1 atom stereocenters. The monoisotopic (exact) mass is 463 g/mol. The fourth-order valence-electron chi connectivity index (χ4n) is 2.99. The summed E-state index contributed by atoms with van der Waals surface area (Å²) in [4.78, 5) is 41.6. The highest BCUT2D eigenvalue weighted by Crippen LogP contribution is 2.16. The number of thiophene rings is 1. The van der Waals surface area contributed by atoms with Crippen molar-refractivity contribution in [2.45, 2.75) is 46.3 Å². The molecule has 0 saturated carbocycles. The van der Waals surface area contributed by atoms with Crippen molar-refractivity contribution < 1.29 is 23.5 Å². The van der Waals surface area contributed by atoms with Crippen LogP contribution in [-0.2, 0) is 27.4 Å². The van der Waals surface area contributed by atoms with Gasteiger partial charge in [0.15, 0.2) is 0 Å². The fraction of sp³-hybridized carbons (Fsp3) is 0.435. The van der Waals surface area contributed by atoms with Crippen LogP contribution in [0.1, 0.15) is 37.6 Å². The van der Waals surface area contributed by atoms with Crippen LogP contribution in [0.5, 0.6) is 0 Å². The van der Waals surface area contributed by atoms with E-state index in [4.69, 9.17) is 4.74 Å². The van der Waals surface area contributed by atoms with Crippen molar-refractivity contribution in [1.29, 1.82) is 0 Å². The minimum Gasteiger partial charge on any atom is -0.465 e. The molecule has 7 nitrogen and oxygen atoms in total. The summed E-state index contributed by atoms with van der Waals surface area (Å²) in [5.74, 6) is -1.12. The lowest BCUT2D eigenvalue weighted by Crippen LogP contribution is -2.51. The molecule has 2 aromatic rings. The van der Waals surface area contributed by atoms with Gasteiger partial charge in [0.2, 0.25) is 5.91 Å². The number of hydrogen-bond acceptors (Lipinski definition) is 5. The van der Waals surface area contributed by atoms with Gasteiger partial charge in [0.1, 0.15) is 18.9 Å². The van der Waals surface area contributed by atoms with E-state index in [9.17, 15) is 18.8 Å². The van der Waals surface area contributed by atoms with Crippen molar-refractivity contribution in [2.75, 3.05) is 19.7 Å². The Morgan fingerprint density at radius 1 is 1.12 bits per heavy atom. The zero-order valence-corrected chi connectivity index (χ0v) is 19.5. The van der Waals surface area contributed by atoms with Gasteiger partial charge >= 0.3 is 12.0 Å². The van der Waals surface area contributed by atoms with E-state index in [1.165, 1.54) is 28.4 Å². The molecule has 0 bridgehead atoms. The van der Waals surface area contributed by atoms with Gasteiger partial charge in [-0.1, -0.05) is 25.1 Å². The van der Waals surface area contributed by atoms with E-state index in [1.807, 2.05) is 31.4 Å². The number of nitrogens with one attached hydrogen (secondary N) is 1. The van der Waals surface area contributed by atoms with E-state index in [0.717, 1.165) is 10.4 Å². The van der Waals surface area contributed by atoms with Gasteiger partial charge in [0.25, 0.3) is 0 Å². The van der Waals surface area contributed by atoms with Crippen molar-refractivity contribution in [3.8, 4) is 0 Å². The Hall–Kier alpha value is -2.94. The second-order valence-corrected chi connectivity index (χ2v) is 8.34. The smallest absolute Gasteiger partial charge is 0.325 e. The van der Waals surface area contributed by atoms with Crippen molar-refractivity contribution >= 4 is 29.2 Å². The van der Waals surface area contributed by atoms with E-state index >= 15 is 0 Å². The van der Waals surface area contributed by atoms with Crippen LogP contribution in [0.3, 0.4) is 0 Å². The molecule has 1 heterocycles. The molecule has 0 aliphatic carbocycles. The van der Waals surface area contributed by atoms with E-state index < -0.39 is 12.0 Å². The molecule has 0 radical (unpaired) electrons. The Bertz CT molecular complexity index is 874. The molecule has 3 amide bonds. The minimum absolute atomic E-state index is 0.143. The molecule has 0 aliphatic rings. The first-order valence-corrected chi connectivity index (χ1v) is 11.5. The molecule has 0 saturated heterocycles. The summed E-state index contributed by atoms with van der Waals surface area (Å²) in [6, 6.07) is 9.14. The van der Waals surface area contributed by atoms with E-state index in [0.29, 0.717) is 13.0 Å². The summed E-state index contributed by atoms with van der Waals surface area (Å²) in [7, 11) is 0. The van der Waals surface area contributed by atoms with Gasteiger partial charge in [0.05, 0.1) is 13.2 Å². The lowest BCUT2D eigenvalue weighted by molar-refractivity contribution is -0.141. The quantitative estimate of drug-likeness (QED) is 0.515. The number of nitrogens with zero attached hydrogens (tertiary/aromatic N) is 2. The molecule has 32 heavy (non-hydrogen) atoms. The predicted molar refractivity (Wildman–Crippen MR) is 121 cm³/mol. The van der Waals surface area contributed by atoms with Crippen molar-refractivity contribution in [3.63, 3.8) is 0 Å². The average Bonchev–Trinajstić information content (AvgIpc) is 3.29. The largest absolute Gasteiger partial charge is 0.465 e. The predicted octanol–water partition coefficient (Wildman–Crippen LogP) is 3.79. The number of halogens is 1. The normalized spacial score (nSPS) is 11.5. The number of esters is 1. The van der Waals surface area contributed by atoms with E-state index in [1.54, 1.807) is 24.0 Å². The van der Waals surface area contributed by atoms with Crippen LogP contribution in [0.25, 0.3) is 0 Å². The van der Waals surface area contributed by atoms with Crippen LogP contribution < -0.4 is 5.32 Å². The Kier molecular flexibility index (Phi) is 10.1. The van der Waals surface area contributed by atoms with Gasteiger partial charge in [0, 0.05) is 17.5 Å². The van der Waals surface area contributed by atoms with Gasteiger partial charge < -0.3 is 19.9 Å². The summed E-state index contributed by atoms with van der Waals surface area (Å²) < 4.78 is 18.1. The highest BCUT2D eigenvalue weighted by Gasteiger charge is 2.25. The Morgan fingerprint density at radius 2 is 1.84 bits per heavy atom. The molecule has 1 N–H and O–H groups in total. The van der Waals surface area contributed by atoms with Gasteiger partial charge in [-0.15, -0.1) is 11.3 Å². The number of urea groups is 1. The number of carbonyl (C=O) groups is 3. The molecule has 1 aromatic carbocycles. The number of ether oxygens (including phenoxy) is 1. The lowest BCUT2D eigenvalue weighted by atomic mass is 10.2. The third-order valence-electron chi connectivity index (χ3n) is 4.94. The number of amides is 3. The summed E-state index contributed by atoms with van der Waals surface area (Å²) in [5.41, 5.74) is 0.790. The summed E-state index contributed by atoms with van der Waals surface area (Å²) in [6.07, 6.45) is 0.642. The summed E-state index contributed by atoms with van der Waals surface area (Å²) >= 11 is 1.54. The first-order valence-electron chi connectivity index (χ1n) is 10.6. The maximum Gasteiger partial charge on any atom is 0.325 e. The first-order chi connectivity index (χ1) is 15.3. The maximum absolute atomic E-state index is 13.3. The SMILES string of the molecule is CCOC(=O)CNC(=O)N(CC(=O)N(Cc1ccc(F)cc1)Cc1cccs1)C(C)CC. The topological polar surface area (TPSA) is 79.0 Å². The Balaban J connectivity index is 2.13. The highest BCUT2D eigenvalue weighted by molar-refractivity contribution is 7.09. The van der Waals surface area contributed by atoms with Crippen molar-refractivity contribution in [1.82, 2.24) is 15.1 Å². The number of rotatable bonds is 11. The summed E-state index contributed by atoms with van der Waals surface area (Å²) in [5, 5.41) is 4.47. The van der Waals surface area contributed by atoms with Crippen molar-refractivity contribution in [3.05, 3.63) is 58.0 Å². The maximum atomic E-state index is 13.3. The van der Waals surface area contributed by atoms with Gasteiger partial charge in [-0.05, 0) is 49.4 Å². The van der Waals surface area contributed by atoms with Crippen molar-refractivity contribution in [2.24, 2.45) is 0 Å². The molecule has 174 valence electrons. The van der Waals surface area contributed by atoms with Gasteiger partial charge in [-0.3, -0.25) is 9.59 Å². The second-order valence-electron chi connectivity index (χ2n) is 7.30. The average molecular weight is 464 g/mol. The van der Waals surface area contributed by atoms with Crippen LogP contribution in [0, 0.1) is 5.82 Å². The Labute approximate surface area is 192 Å². The fourth-order valence-corrected chi connectivity index (χ4v) is 3.71. The molecule has 0 fully saturated rings. The molecular formula is C23H30FN3O4S. The van der Waals surface area contributed by atoms with Crippen LogP contribution >= 0.6 is 11.3 Å². The second kappa shape index (κ2) is 12.8. The van der Waals surface area contributed by atoms with Crippen LogP contribution in [0.2, 0.25) is 0 Å². The van der Waals surface area contributed by atoms with Crippen LogP contribution in [0.4, 0.5) is 9.18 Å². The van der Waals surface area contributed by atoms with Crippen LogP contribution in [-0.4, -0.2) is 53.4 Å². The Morgan fingerprint density at radius 3 is 2.44 bits per heavy atom. The zero-order valence-electron chi connectivity index (χ0n) is 18.7. The van der Waals surface area contributed by atoms with E-state index in [-0.39, 0.29) is 44.0 Å². The molecular weight excluding hydrogens is 433 g/mol. The molecule has 1 unspecified atom stereocenters. The molecule has 0 aliphatic heterocycles. The number of carbonyl (C=O) groups excluding carboxylic acids is 3. The van der Waals surface area contributed by atoms with Gasteiger partial charge in [-0.2, -0.15) is 0 Å². The number of hydrogen-bond donors (Lipinski definition) is 1. The zero-order chi connectivity index (χ0) is 23.5. The third-order valence-corrected chi connectivity index (χ3v) is 5.81. The lowest BCUT2D eigenvalue weighted by Gasteiger charge is -2.31. The minimum atomic E-state index is -0.535.